The van der Waals surface area contributed by atoms with E-state index in [4.69, 9.17) is 4.74 Å². The number of carbonyl (C=O) groups is 1. The molecule has 10 heteroatoms. The van der Waals surface area contributed by atoms with Gasteiger partial charge in [0.25, 0.3) is 5.91 Å². The van der Waals surface area contributed by atoms with Crippen LogP contribution in [-0.4, -0.2) is 48.6 Å². The Labute approximate surface area is 186 Å². The average molecular weight is 461 g/mol. The zero-order valence-electron chi connectivity index (χ0n) is 18.1. The summed E-state index contributed by atoms with van der Waals surface area (Å²) in [6, 6.07) is 12.2. The molecule has 0 aliphatic carbocycles. The number of sulfonamides is 1. The van der Waals surface area contributed by atoms with Crippen LogP contribution in [0.15, 0.2) is 59.6 Å². The summed E-state index contributed by atoms with van der Waals surface area (Å²) in [6.45, 7) is 4.02. The lowest BCUT2D eigenvalue weighted by molar-refractivity contribution is 0.0946. The molecule has 0 unspecified atom stereocenters. The number of halogens is 1. The van der Waals surface area contributed by atoms with Crippen LogP contribution in [0.4, 0.5) is 4.39 Å². The molecule has 0 radical (unpaired) electrons. The normalized spacial score (nSPS) is 11.5. The topological polar surface area (TPSA) is 93.5 Å². The van der Waals surface area contributed by atoms with E-state index in [2.05, 4.69) is 10.4 Å². The van der Waals surface area contributed by atoms with Crippen LogP contribution in [0.5, 0.6) is 5.75 Å². The molecule has 3 aromatic rings. The molecular formula is C22H25FN4O4S. The summed E-state index contributed by atoms with van der Waals surface area (Å²) in [5.41, 5.74) is 1.03. The van der Waals surface area contributed by atoms with Crippen LogP contribution in [0, 0.1) is 5.82 Å². The van der Waals surface area contributed by atoms with E-state index in [0.29, 0.717) is 5.69 Å². The lowest BCUT2D eigenvalue weighted by Gasteiger charge is -2.18. The number of rotatable bonds is 9. The van der Waals surface area contributed by atoms with Crippen molar-refractivity contribution in [3.8, 4) is 11.4 Å². The molecule has 1 N–H and O–H groups in total. The van der Waals surface area contributed by atoms with Gasteiger partial charge in [-0.15, -0.1) is 0 Å². The zero-order chi connectivity index (χ0) is 23.3. The number of aromatic nitrogens is 2. The minimum absolute atomic E-state index is 0.0501. The number of benzene rings is 2. The van der Waals surface area contributed by atoms with Crippen molar-refractivity contribution < 1.29 is 22.3 Å². The summed E-state index contributed by atoms with van der Waals surface area (Å²) < 4.78 is 47.7. The minimum Gasteiger partial charge on any atom is -0.497 e. The van der Waals surface area contributed by atoms with E-state index in [-0.39, 0.29) is 30.1 Å². The van der Waals surface area contributed by atoms with Crippen molar-refractivity contribution in [1.29, 1.82) is 0 Å². The number of nitrogens with one attached hydrogen (secondary N) is 1. The van der Waals surface area contributed by atoms with E-state index in [0.717, 1.165) is 29.6 Å². The summed E-state index contributed by atoms with van der Waals surface area (Å²) in [5, 5.41) is 6.98. The Morgan fingerprint density at radius 3 is 2.44 bits per heavy atom. The van der Waals surface area contributed by atoms with Crippen molar-refractivity contribution >= 4 is 15.9 Å². The Morgan fingerprint density at radius 2 is 1.81 bits per heavy atom. The standard InChI is InChI=1S/C22H25FN4O4S/c1-4-26(5-2)32(29,30)19-10-11-21(23)20(14-19)22(28)24-15-16-12-13-27(25-16)17-6-8-18(31-3)9-7-17/h6-14H,4-5,15H2,1-3H3,(H,24,28). The van der Waals surface area contributed by atoms with Crippen molar-refractivity contribution in [3.05, 3.63) is 71.8 Å². The second kappa shape index (κ2) is 9.92. The average Bonchev–Trinajstić information content (AvgIpc) is 3.27. The van der Waals surface area contributed by atoms with Crippen molar-refractivity contribution in [2.45, 2.75) is 25.3 Å². The van der Waals surface area contributed by atoms with Crippen LogP contribution in [0.3, 0.4) is 0 Å². The number of amides is 1. The van der Waals surface area contributed by atoms with Gasteiger partial charge in [0, 0.05) is 19.3 Å². The maximum Gasteiger partial charge on any atom is 0.254 e. The highest BCUT2D eigenvalue weighted by molar-refractivity contribution is 7.89. The fraction of sp³-hybridized carbons (Fsp3) is 0.273. The van der Waals surface area contributed by atoms with Crippen LogP contribution in [-0.2, 0) is 16.6 Å². The Hall–Kier alpha value is -3.24. The van der Waals surface area contributed by atoms with Gasteiger partial charge < -0.3 is 10.1 Å². The molecule has 0 spiro atoms. The van der Waals surface area contributed by atoms with Crippen LogP contribution in [0.2, 0.25) is 0 Å². The fourth-order valence-corrected chi connectivity index (χ4v) is 4.64. The highest BCUT2D eigenvalue weighted by Gasteiger charge is 2.24. The lowest BCUT2D eigenvalue weighted by Crippen LogP contribution is -2.31. The Morgan fingerprint density at radius 1 is 1.12 bits per heavy atom. The first-order valence-corrected chi connectivity index (χ1v) is 11.5. The van der Waals surface area contributed by atoms with Gasteiger partial charge in [-0.2, -0.15) is 9.40 Å². The number of hydrogen-bond donors (Lipinski definition) is 1. The molecule has 1 heterocycles. The van der Waals surface area contributed by atoms with Gasteiger partial charge in [-0.1, -0.05) is 13.8 Å². The lowest BCUT2D eigenvalue weighted by atomic mass is 10.2. The molecule has 0 bridgehead atoms. The second-order valence-electron chi connectivity index (χ2n) is 6.86. The molecule has 2 aromatic carbocycles. The van der Waals surface area contributed by atoms with Gasteiger partial charge in [0.2, 0.25) is 10.0 Å². The van der Waals surface area contributed by atoms with E-state index in [1.54, 1.807) is 50.0 Å². The van der Waals surface area contributed by atoms with Gasteiger partial charge in [0.1, 0.15) is 11.6 Å². The summed E-state index contributed by atoms with van der Waals surface area (Å²) in [4.78, 5) is 12.4. The maximum atomic E-state index is 14.3. The van der Waals surface area contributed by atoms with Crippen LogP contribution in [0.25, 0.3) is 5.69 Å². The number of hydrogen-bond acceptors (Lipinski definition) is 5. The van der Waals surface area contributed by atoms with Gasteiger partial charge >= 0.3 is 0 Å². The number of methoxy groups -OCH3 is 1. The quantitative estimate of drug-likeness (QED) is 0.530. The molecule has 170 valence electrons. The van der Waals surface area contributed by atoms with Crippen molar-refractivity contribution in [1.82, 2.24) is 19.4 Å². The van der Waals surface area contributed by atoms with Crippen LogP contribution < -0.4 is 10.1 Å². The largest absolute Gasteiger partial charge is 0.497 e. The Bertz CT molecular complexity index is 1190. The maximum absolute atomic E-state index is 14.3. The third kappa shape index (κ3) is 4.97. The predicted octanol–water partition coefficient (Wildman–Crippen LogP) is 2.98. The second-order valence-corrected chi connectivity index (χ2v) is 8.80. The van der Waals surface area contributed by atoms with Gasteiger partial charge in [0.05, 0.1) is 35.5 Å². The monoisotopic (exact) mass is 460 g/mol. The van der Waals surface area contributed by atoms with Crippen LogP contribution >= 0.6 is 0 Å². The Balaban J connectivity index is 1.73. The van der Waals surface area contributed by atoms with Crippen molar-refractivity contribution in [2.75, 3.05) is 20.2 Å². The van der Waals surface area contributed by atoms with Gasteiger partial charge in [-0.25, -0.2) is 17.5 Å². The highest BCUT2D eigenvalue weighted by Crippen LogP contribution is 2.19. The molecule has 0 aliphatic heterocycles. The molecule has 3 rings (SSSR count). The Kier molecular flexibility index (Phi) is 7.26. The highest BCUT2D eigenvalue weighted by atomic mass is 32.2. The van der Waals surface area contributed by atoms with E-state index >= 15 is 0 Å². The molecule has 0 fully saturated rings. The first-order chi connectivity index (χ1) is 15.3. The summed E-state index contributed by atoms with van der Waals surface area (Å²) in [5.74, 6) is -0.802. The van der Waals surface area contributed by atoms with Gasteiger partial charge in [-0.3, -0.25) is 4.79 Å². The van der Waals surface area contributed by atoms with E-state index in [1.807, 2.05) is 12.1 Å². The SMILES string of the molecule is CCN(CC)S(=O)(=O)c1ccc(F)c(C(=O)NCc2ccn(-c3ccc(OC)cc3)n2)c1. The fourth-order valence-electron chi connectivity index (χ4n) is 3.15. The third-order valence-electron chi connectivity index (χ3n) is 4.94. The van der Waals surface area contributed by atoms with Crippen LogP contribution in [0.1, 0.15) is 29.9 Å². The smallest absolute Gasteiger partial charge is 0.254 e. The molecule has 8 nitrogen and oxygen atoms in total. The molecule has 32 heavy (non-hydrogen) atoms. The van der Waals surface area contributed by atoms with E-state index < -0.39 is 21.7 Å². The number of nitrogens with zero attached hydrogens (tertiary/aromatic N) is 3. The third-order valence-corrected chi connectivity index (χ3v) is 6.98. The molecule has 1 amide bonds. The number of ether oxygens (including phenoxy) is 1. The molecule has 0 saturated heterocycles. The number of carbonyl (C=O) groups excluding carboxylic acids is 1. The molecule has 0 aliphatic rings. The first kappa shape index (κ1) is 23.4. The van der Waals surface area contributed by atoms with Crippen molar-refractivity contribution in [2.24, 2.45) is 0 Å². The molecule has 0 saturated carbocycles. The van der Waals surface area contributed by atoms with Crippen molar-refractivity contribution in [3.63, 3.8) is 0 Å². The van der Waals surface area contributed by atoms with Gasteiger partial charge in [-0.05, 0) is 48.5 Å². The summed E-state index contributed by atoms with van der Waals surface area (Å²) in [7, 11) is -2.23. The van der Waals surface area contributed by atoms with E-state index in [1.165, 1.54) is 4.31 Å². The molecular weight excluding hydrogens is 435 g/mol. The first-order valence-electron chi connectivity index (χ1n) is 10.1. The summed E-state index contributed by atoms with van der Waals surface area (Å²) >= 11 is 0. The van der Waals surface area contributed by atoms with Gasteiger partial charge in [0.15, 0.2) is 0 Å². The zero-order valence-corrected chi connectivity index (χ0v) is 18.9. The van der Waals surface area contributed by atoms with E-state index in [9.17, 15) is 17.6 Å². The molecule has 0 atom stereocenters. The predicted molar refractivity (Wildman–Crippen MR) is 118 cm³/mol. The minimum atomic E-state index is -3.81. The molecule has 1 aromatic heterocycles. The summed E-state index contributed by atoms with van der Waals surface area (Å²) in [6.07, 6.45) is 1.74.